The van der Waals surface area contributed by atoms with E-state index < -0.39 is 0 Å². The summed E-state index contributed by atoms with van der Waals surface area (Å²) in [6.45, 7) is 4.05. The van der Waals surface area contributed by atoms with E-state index in [0.29, 0.717) is 43.6 Å². The highest BCUT2D eigenvalue weighted by molar-refractivity contribution is 5.97. The number of likely N-dealkylation sites (tertiary alicyclic amines) is 1. The minimum absolute atomic E-state index is 0.0769. The van der Waals surface area contributed by atoms with E-state index in [1.807, 2.05) is 30.0 Å². The highest BCUT2D eigenvalue weighted by Crippen LogP contribution is 2.36. The molecule has 0 radical (unpaired) electrons. The Bertz CT molecular complexity index is 1300. The van der Waals surface area contributed by atoms with Gasteiger partial charge in [-0.3, -0.25) is 14.4 Å². The molecule has 10 nitrogen and oxygen atoms in total. The molecule has 1 aromatic carbocycles. The van der Waals surface area contributed by atoms with Crippen molar-refractivity contribution in [3.63, 3.8) is 0 Å². The molecule has 4 aliphatic rings. The van der Waals surface area contributed by atoms with Crippen LogP contribution in [0.5, 0.6) is 0 Å². The van der Waals surface area contributed by atoms with E-state index in [0.717, 1.165) is 61.3 Å². The van der Waals surface area contributed by atoms with Crippen molar-refractivity contribution in [3.8, 4) is 0 Å². The molecule has 2 aromatic rings. The van der Waals surface area contributed by atoms with E-state index >= 15 is 0 Å². The van der Waals surface area contributed by atoms with Gasteiger partial charge >= 0.3 is 0 Å². The highest BCUT2D eigenvalue weighted by Gasteiger charge is 2.35. The number of rotatable bonds is 6. The zero-order chi connectivity index (χ0) is 27.8. The summed E-state index contributed by atoms with van der Waals surface area (Å²) in [6, 6.07) is 6.06. The predicted octanol–water partition coefficient (Wildman–Crippen LogP) is 3.77. The van der Waals surface area contributed by atoms with Crippen molar-refractivity contribution in [3.05, 3.63) is 35.5 Å². The molecule has 0 atom stereocenters. The number of amides is 3. The van der Waals surface area contributed by atoms with Crippen LogP contribution in [-0.2, 0) is 9.59 Å². The molecule has 2 aliphatic heterocycles. The molecule has 10 heteroatoms. The van der Waals surface area contributed by atoms with Crippen LogP contribution in [0.15, 0.2) is 24.4 Å². The molecule has 3 heterocycles. The summed E-state index contributed by atoms with van der Waals surface area (Å²) in [6.07, 6.45) is 10.5. The topological polar surface area (TPSA) is 111 Å². The van der Waals surface area contributed by atoms with Gasteiger partial charge in [-0.15, -0.1) is 0 Å². The van der Waals surface area contributed by atoms with Gasteiger partial charge in [0.05, 0.1) is 6.20 Å². The zero-order valence-corrected chi connectivity index (χ0v) is 23.5. The zero-order valence-electron chi connectivity index (χ0n) is 23.5. The third kappa shape index (κ3) is 5.48. The SMILES string of the molecule is Cc1cc(C(=O)NC2CCN(C(=O)C3CC3)CC2)ccc1Nc1ncc2c(n1)N(C1CCCC1)CCC(=O)N2C. The maximum Gasteiger partial charge on any atom is 0.251 e. The van der Waals surface area contributed by atoms with Crippen molar-refractivity contribution in [1.29, 1.82) is 0 Å². The summed E-state index contributed by atoms with van der Waals surface area (Å²) in [5, 5.41) is 6.49. The number of hydrogen-bond acceptors (Lipinski definition) is 7. The normalized spacial score (nSPS) is 20.4. The van der Waals surface area contributed by atoms with E-state index in [-0.39, 0.29) is 29.7 Å². The first kappa shape index (κ1) is 26.5. The Labute approximate surface area is 235 Å². The predicted molar refractivity (Wildman–Crippen MR) is 154 cm³/mol. The molecule has 2 aliphatic carbocycles. The minimum Gasteiger partial charge on any atom is -0.351 e. The maximum absolute atomic E-state index is 13.0. The van der Waals surface area contributed by atoms with Crippen LogP contribution >= 0.6 is 0 Å². The first-order chi connectivity index (χ1) is 19.4. The summed E-state index contributed by atoms with van der Waals surface area (Å²) in [7, 11) is 1.79. The minimum atomic E-state index is -0.0946. The number of aryl methyl sites for hydroxylation is 1. The highest BCUT2D eigenvalue weighted by atomic mass is 16.2. The van der Waals surface area contributed by atoms with Crippen LogP contribution < -0.4 is 20.4 Å². The molecule has 2 N–H and O–H groups in total. The molecule has 3 fully saturated rings. The van der Waals surface area contributed by atoms with Gasteiger partial charge in [-0.25, -0.2) is 4.98 Å². The molecular weight excluding hydrogens is 506 g/mol. The summed E-state index contributed by atoms with van der Waals surface area (Å²) < 4.78 is 0. The summed E-state index contributed by atoms with van der Waals surface area (Å²) >= 11 is 0. The van der Waals surface area contributed by atoms with Gasteiger partial charge < -0.3 is 25.3 Å². The van der Waals surface area contributed by atoms with Gasteiger partial charge in [0.2, 0.25) is 17.8 Å². The van der Waals surface area contributed by atoms with E-state index in [9.17, 15) is 14.4 Å². The maximum atomic E-state index is 13.0. The van der Waals surface area contributed by atoms with Crippen molar-refractivity contribution in [1.82, 2.24) is 20.2 Å². The van der Waals surface area contributed by atoms with Crippen LogP contribution in [0.2, 0.25) is 0 Å². The Morgan fingerprint density at radius 3 is 2.45 bits per heavy atom. The standard InChI is InChI=1S/C30H39N7O3/c1-19-17-21(28(39)32-22-11-14-36(15-12-22)29(40)20-7-8-20)9-10-24(19)33-30-31-18-25-27(34-30)37(23-5-3-4-6-23)16-13-26(38)35(25)2/h9-10,17-18,20,22-23H,3-8,11-16H2,1-2H3,(H,32,39)(H,31,33,34). The van der Waals surface area contributed by atoms with E-state index in [4.69, 9.17) is 4.98 Å². The van der Waals surface area contributed by atoms with Crippen molar-refractivity contribution in [2.24, 2.45) is 5.92 Å². The van der Waals surface area contributed by atoms with Gasteiger partial charge in [0, 0.05) is 62.4 Å². The lowest BCUT2D eigenvalue weighted by Gasteiger charge is -2.32. The first-order valence-electron chi connectivity index (χ1n) is 14.7. The number of nitrogens with zero attached hydrogens (tertiary/aromatic N) is 5. The fraction of sp³-hybridized carbons (Fsp3) is 0.567. The molecule has 0 bridgehead atoms. The van der Waals surface area contributed by atoms with Crippen molar-refractivity contribution < 1.29 is 14.4 Å². The quantitative estimate of drug-likeness (QED) is 0.568. The molecule has 0 unspecified atom stereocenters. The molecular formula is C30H39N7O3. The second kappa shape index (κ2) is 11.1. The second-order valence-corrected chi connectivity index (χ2v) is 11.7. The largest absolute Gasteiger partial charge is 0.351 e. The summed E-state index contributed by atoms with van der Waals surface area (Å²) in [5.41, 5.74) is 3.09. The molecule has 40 heavy (non-hydrogen) atoms. The lowest BCUT2D eigenvalue weighted by molar-refractivity contribution is -0.133. The smallest absolute Gasteiger partial charge is 0.251 e. The Balaban J connectivity index is 1.12. The molecule has 3 amide bonds. The van der Waals surface area contributed by atoms with Crippen LogP contribution in [0, 0.1) is 12.8 Å². The van der Waals surface area contributed by atoms with Crippen LogP contribution in [0.1, 0.15) is 73.7 Å². The summed E-state index contributed by atoms with van der Waals surface area (Å²) in [4.78, 5) is 53.3. The second-order valence-electron chi connectivity index (χ2n) is 11.7. The van der Waals surface area contributed by atoms with Gasteiger partial charge in [0.1, 0.15) is 5.69 Å². The third-order valence-electron chi connectivity index (χ3n) is 8.89. The fourth-order valence-electron chi connectivity index (χ4n) is 6.24. The fourth-order valence-corrected chi connectivity index (χ4v) is 6.24. The average Bonchev–Trinajstić information content (AvgIpc) is 3.70. The van der Waals surface area contributed by atoms with Crippen molar-refractivity contribution in [2.45, 2.75) is 76.8 Å². The van der Waals surface area contributed by atoms with Gasteiger partial charge in [0.15, 0.2) is 5.82 Å². The first-order valence-corrected chi connectivity index (χ1v) is 14.7. The van der Waals surface area contributed by atoms with E-state index in [2.05, 4.69) is 20.5 Å². The van der Waals surface area contributed by atoms with E-state index in [1.165, 1.54) is 12.8 Å². The van der Waals surface area contributed by atoms with Crippen LogP contribution in [0.3, 0.4) is 0 Å². The van der Waals surface area contributed by atoms with Gasteiger partial charge in [-0.2, -0.15) is 4.98 Å². The lowest BCUT2D eigenvalue weighted by Crippen LogP contribution is -2.47. The number of piperidine rings is 1. The number of benzene rings is 1. The van der Waals surface area contributed by atoms with Gasteiger partial charge in [0.25, 0.3) is 5.91 Å². The number of nitrogens with one attached hydrogen (secondary N) is 2. The van der Waals surface area contributed by atoms with Crippen LogP contribution in [-0.4, -0.2) is 71.4 Å². The number of carbonyl (C=O) groups is 3. The Kier molecular flexibility index (Phi) is 7.33. The third-order valence-corrected chi connectivity index (χ3v) is 8.89. The number of fused-ring (bicyclic) bond motifs is 1. The van der Waals surface area contributed by atoms with Crippen LogP contribution in [0.4, 0.5) is 23.1 Å². The van der Waals surface area contributed by atoms with Crippen molar-refractivity contribution in [2.75, 3.05) is 41.8 Å². The monoisotopic (exact) mass is 545 g/mol. The Hall–Kier alpha value is -3.69. The Morgan fingerprint density at radius 1 is 1.00 bits per heavy atom. The average molecular weight is 546 g/mol. The molecule has 2 saturated carbocycles. The number of anilines is 4. The van der Waals surface area contributed by atoms with Gasteiger partial charge in [-0.05, 0) is 69.2 Å². The molecule has 0 spiro atoms. The van der Waals surface area contributed by atoms with Gasteiger partial charge in [-0.1, -0.05) is 12.8 Å². The lowest BCUT2D eigenvalue weighted by atomic mass is 10.0. The van der Waals surface area contributed by atoms with Crippen LogP contribution in [0.25, 0.3) is 0 Å². The molecule has 1 saturated heterocycles. The molecule has 6 rings (SSSR count). The van der Waals surface area contributed by atoms with Crippen molar-refractivity contribution >= 4 is 40.9 Å². The number of carbonyl (C=O) groups excluding carboxylic acids is 3. The number of aromatic nitrogens is 2. The molecule has 1 aromatic heterocycles. The molecule has 212 valence electrons. The Morgan fingerprint density at radius 2 is 1.75 bits per heavy atom. The summed E-state index contributed by atoms with van der Waals surface area (Å²) in [5.74, 6) is 1.78. The number of hydrogen-bond donors (Lipinski definition) is 2. The van der Waals surface area contributed by atoms with E-state index in [1.54, 1.807) is 18.1 Å².